The Bertz CT molecular complexity index is 1330. The van der Waals surface area contributed by atoms with Crippen LogP contribution in [0.5, 0.6) is 11.5 Å². The zero-order valence-electron chi connectivity index (χ0n) is 19.0. The first-order chi connectivity index (χ1) is 16.5. The van der Waals surface area contributed by atoms with E-state index in [1.165, 1.54) is 29.0 Å². The zero-order valence-corrected chi connectivity index (χ0v) is 19.8. The van der Waals surface area contributed by atoms with Gasteiger partial charge < -0.3 is 9.47 Å². The van der Waals surface area contributed by atoms with E-state index in [1.807, 2.05) is 24.3 Å². The van der Waals surface area contributed by atoms with E-state index in [4.69, 9.17) is 14.5 Å². The number of hydrogen-bond donors (Lipinski definition) is 0. The molecule has 0 saturated carbocycles. The molecule has 4 aromatic rings. The fourth-order valence-corrected chi connectivity index (χ4v) is 4.38. The second-order valence-electron chi connectivity index (χ2n) is 7.39. The van der Waals surface area contributed by atoms with Crippen LogP contribution in [0, 0.1) is 10.1 Å². The van der Waals surface area contributed by atoms with Gasteiger partial charge in [0.25, 0.3) is 5.69 Å². The Morgan fingerprint density at radius 1 is 1.00 bits per heavy atom. The van der Waals surface area contributed by atoms with Gasteiger partial charge in [-0.25, -0.2) is 9.98 Å². The lowest BCUT2D eigenvalue weighted by Gasteiger charge is -2.06. The van der Waals surface area contributed by atoms with Gasteiger partial charge in [-0.1, -0.05) is 42.5 Å². The van der Waals surface area contributed by atoms with Gasteiger partial charge in [-0.3, -0.25) is 10.1 Å². The van der Waals surface area contributed by atoms with E-state index in [9.17, 15) is 10.1 Å². The first-order valence-corrected chi connectivity index (χ1v) is 11.4. The molecule has 7 nitrogen and oxygen atoms in total. The van der Waals surface area contributed by atoms with Crippen molar-refractivity contribution in [1.82, 2.24) is 4.98 Å². The molecule has 3 aromatic carbocycles. The Balaban J connectivity index is 1.75. The molecule has 0 aliphatic heterocycles. The third kappa shape index (κ3) is 4.97. The second-order valence-corrected chi connectivity index (χ2v) is 8.37. The standard InChI is InChI=1S/C26H23N3O4S/c1-4-17-5-7-18(8-6-17)24-25(19-9-12-21(13-10-19)29(30)31)34-26(28-24)27-16-20-11-14-22(32-2)15-23(20)33-3/h5-16H,4H2,1-3H3. The number of ether oxygens (including phenoxy) is 2. The van der Waals surface area contributed by atoms with Crippen molar-refractivity contribution >= 4 is 28.4 Å². The highest BCUT2D eigenvalue weighted by Gasteiger charge is 2.16. The largest absolute Gasteiger partial charge is 0.497 e. The third-order valence-electron chi connectivity index (χ3n) is 5.35. The Labute approximate surface area is 201 Å². The second kappa shape index (κ2) is 10.3. The van der Waals surface area contributed by atoms with Crippen LogP contribution < -0.4 is 9.47 Å². The number of rotatable bonds is 8. The van der Waals surface area contributed by atoms with E-state index < -0.39 is 4.92 Å². The van der Waals surface area contributed by atoms with Gasteiger partial charge in [0.2, 0.25) is 5.13 Å². The number of aliphatic imine (C=N–C) groups is 1. The van der Waals surface area contributed by atoms with Crippen LogP contribution >= 0.6 is 11.3 Å². The first-order valence-electron chi connectivity index (χ1n) is 10.6. The van der Waals surface area contributed by atoms with Gasteiger partial charge in [0, 0.05) is 35.5 Å². The molecule has 0 N–H and O–H groups in total. The normalized spacial score (nSPS) is 11.0. The summed E-state index contributed by atoms with van der Waals surface area (Å²) in [5.74, 6) is 1.34. The van der Waals surface area contributed by atoms with Crippen LogP contribution in [0.2, 0.25) is 0 Å². The molecule has 0 spiro atoms. The molecule has 0 saturated heterocycles. The molecule has 1 heterocycles. The Kier molecular flexibility index (Phi) is 6.98. The van der Waals surface area contributed by atoms with Crippen molar-refractivity contribution in [2.75, 3.05) is 14.2 Å². The number of thiazole rings is 1. The molecule has 4 rings (SSSR count). The minimum absolute atomic E-state index is 0.0481. The van der Waals surface area contributed by atoms with Gasteiger partial charge in [-0.05, 0) is 41.8 Å². The number of hydrogen-bond acceptors (Lipinski definition) is 7. The summed E-state index contributed by atoms with van der Waals surface area (Å²) in [5.41, 5.74) is 4.68. The predicted molar refractivity (Wildman–Crippen MR) is 136 cm³/mol. The average molecular weight is 474 g/mol. The predicted octanol–water partition coefficient (Wildman–Crippen LogP) is 6.72. The minimum atomic E-state index is -0.404. The molecule has 0 fully saturated rings. The van der Waals surface area contributed by atoms with Crippen LogP contribution in [0.25, 0.3) is 21.7 Å². The fraction of sp³-hybridized carbons (Fsp3) is 0.154. The SMILES string of the molecule is CCc1ccc(-c2nc(N=Cc3ccc(OC)cc3OC)sc2-c2ccc([N+](=O)[O-])cc2)cc1. The van der Waals surface area contributed by atoms with Gasteiger partial charge in [0.05, 0.1) is 29.7 Å². The van der Waals surface area contributed by atoms with Crippen LogP contribution in [-0.4, -0.2) is 30.3 Å². The maximum absolute atomic E-state index is 11.1. The lowest BCUT2D eigenvalue weighted by atomic mass is 10.0. The fourth-order valence-electron chi connectivity index (χ4n) is 3.44. The van der Waals surface area contributed by atoms with E-state index in [0.717, 1.165) is 33.7 Å². The van der Waals surface area contributed by atoms with Crippen molar-refractivity contribution in [1.29, 1.82) is 0 Å². The molecular formula is C26H23N3O4S. The van der Waals surface area contributed by atoms with Crippen LogP contribution in [0.1, 0.15) is 18.1 Å². The molecule has 0 atom stereocenters. The summed E-state index contributed by atoms with van der Waals surface area (Å²) in [6, 6.07) is 20.3. The van der Waals surface area contributed by atoms with E-state index in [1.54, 1.807) is 38.6 Å². The van der Waals surface area contributed by atoms with Crippen molar-refractivity contribution in [2.45, 2.75) is 13.3 Å². The van der Waals surface area contributed by atoms with E-state index in [2.05, 4.69) is 24.0 Å². The average Bonchev–Trinajstić information content (AvgIpc) is 3.31. The van der Waals surface area contributed by atoms with Gasteiger partial charge >= 0.3 is 0 Å². The molecule has 8 heteroatoms. The summed E-state index contributed by atoms with van der Waals surface area (Å²) in [6.45, 7) is 2.11. The Morgan fingerprint density at radius 3 is 2.32 bits per heavy atom. The maximum atomic E-state index is 11.1. The molecule has 0 unspecified atom stereocenters. The summed E-state index contributed by atoms with van der Waals surface area (Å²) in [4.78, 5) is 21.0. The summed E-state index contributed by atoms with van der Waals surface area (Å²) >= 11 is 1.43. The molecule has 0 bridgehead atoms. The zero-order chi connectivity index (χ0) is 24.1. The molecule has 34 heavy (non-hydrogen) atoms. The number of nitro benzene ring substituents is 1. The number of nitrogens with zero attached hydrogens (tertiary/aromatic N) is 3. The van der Waals surface area contributed by atoms with Crippen LogP contribution in [0.15, 0.2) is 71.7 Å². The molecule has 0 aliphatic rings. The molecular weight excluding hydrogens is 450 g/mol. The van der Waals surface area contributed by atoms with Crippen molar-refractivity contribution < 1.29 is 14.4 Å². The van der Waals surface area contributed by atoms with Gasteiger partial charge in [0.1, 0.15) is 11.5 Å². The lowest BCUT2D eigenvalue weighted by Crippen LogP contribution is -1.92. The lowest BCUT2D eigenvalue weighted by molar-refractivity contribution is -0.384. The number of nitro groups is 1. The summed E-state index contributed by atoms with van der Waals surface area (Å²) in [7, 11) is 3.20. The summed E-state index contributed by atoms with van der Waals surface area (Å²) < 4.78 is 10.7. The molecule has 0 aliphatic carbocycles. The molecule has 0 amide bonds. The Hall–Kier alpha value is -4.04. The highest BCUT2D eigenvalue weighted by Crippen LogP contribution is 2.40. The molecule has 1 aromatic heterocycles. The smallest absolute Gasteiger partial charge is 0.269 e. The summed E-state index contributed by atoms with van der Waals surface area (Å²) in [6.07, 6.45) is 2.66. The number of non-ortho nitro benzene ring substituents is 1. The number of benzene rings is 3. The number of aryl methyl sites for hydroxylation is 1. The topological polar surface area (TPSA) is 86.9 Å². The monoisotopic (exact) mass is 473 g/mol. The molecule has 172 valence electrons. The van der Waals surface area contributed by atoms with E-state index in [0.29, 0.717) is 16.6 Å². The van der Waals surface area contributed by atoms with Gasteiger partial charge in [-0.2, -0.15) is 0 Å². The molecule has 0 radical (unpaired) electrons. The number of methoxy groups -OCH3 is 2. The van der Waals surface area contributed by atoms with Crippen molar-refractivity contribution in [2.24, 2.45) is 4.99 Å². The van der Waals surface area contributed by atoms with Crippen molar-refractivity contribution in [3.63, 3.8) is 0 Å². The highest BCUT2D eigenvalue weighted by atomic mass is 32.1. The third-order valence-corrected chi connectivity index (χ3v) is 6.36. The van der Waals surface area contributed by atoms with Crippen molar-refractivity contribution in [3.05, 3.63) is 88.0 Å². The van der Waals surface area contributed by atoms with E-state index in [-0.39, 0.29) is 5.69 Å². The van der Waals surface area contributed by atoms with E-state index >= 15 is 0 Å². The van der Waals surface area contributed by atoms with Crippen molar-refractivity contribution in [3.8, 4) is 33.2 Å². The highest BCUT2D eigenvalue weighted by molar-refractivity contribution is 7.19. The minimum Gasteiger partial charge on any atom is -0.497 e. The quantitative estimate of drug-likeness (QED) is 0.161. The maximum Gasteiger partial charge on any atom is 0.269 e. The van der Waals surface area contributed by atoms with Crippen LogP contribution in [0.3, 0.4) is 0 Å². The summed E-state index contributed by atoms with van der Waals surface area (Å²) in [5, 5.41) is 11.6. The van der Waals surface area contributed by atoms with Crippen LogP contribution in [-0.2, 0) is 6.42 Å². The van der Waals surface area contributed by atoms with Gasteiger partial charge in [0.15, 0.2) is 0 Å². The van der Waals surface area contributed by atoms with Crippen LogP contribution in [0.4, 0.5) is 10.8 Å². The number of aromatic nitrogens is 1. The Morgan fingerprint density at radius 2 is 1.71 bits per heavy atom. The first kappa shape index (κ1) is 23.1. The van der Waals surface area contributed by atoms with Gasteiger partial charge in [-0.15, -0.1) is 0 Å².